The maximum Gasteiger partial charge on any atom is 0.416 e. The lowest BCUT2D eigenvalue weighted by atomic mass is 10.0. The number of amides is 1. The quantitative estimate of drug-likeness (QED) is 0.437. The normalized spacial score (nSPS) is 11.4. The first-order valence-corrected chi connectivity index (χ1v) is 9.27. The van der Waals surface area contributed by atoms with Crippen molar-refractivity contribution in [1.29, 1.82) is 0 Å². The zero-order chi connectivity index (χ0) is 22.0. The molecule has 0 saturated carbocycles. The molecule has 0 bridgehead atoms. The number of carbonyl (C=O) groups is 1. The van der Waals surface area contributed by atoms with Crippen molar-refractivity contribution < 1.29 is 22.7 Å². The van der Waals surface area contributed by atoms with E-state index >= 15 is 0 Å². The van der Waals surface area contributed by atoms with Crippen LogP contribution < -0.4 is 10.1 Å². The van der Waals surface area contributed by atoms with Gasteiger partial charge < -0.3 is 10.1 Å². The highest BCUT2D eigenvalue weighted by Gasteiger charge is 2.30. The molecule has 0 saturated heterocycles. The van der Waals surface area contributed by atoms with Crippen molar-refractivity contribution >= 4 is 22.4 Å². The molecule has 0 fully saturated rings. The van der Waals surface area contributed by atoms with Crippen molar-refractivity contribution in [3.63, 3.8) is 0 Å². The predicted octanol–water partition coefficient (Wildman–Crippen LogP) is 6.00. The number of anilines is 1. The number of hydrogen-bond acceptors (Lipinski definition) is 4. The minimum Gasteiger partial charge on any atom is -0.439 e. The molecule has 4 rings (SSSR count). The fraction of sp³-hybridized carbons (Fsp3) is 0.0870. The molecular formula is C23H16F3N3O2. The molecule has 0 aliphatic heterocycles. The zero-order valence-corrected chi connectivity index (χ0v) is 16.3. The first-order chi connectivity index (χ1) is 14.8. The summed E-state index contributed by atoms with van der Waals surface area (Å²) in [5.74, 6) is 0.413. The minimum absolute atomic E-state index is 0.0657. The van der Waals surface area contributed by atoms with Crippen molar-refractivity contribution in [3.8, 4) is 11.6 Å². The van der Waals surface area contributed by atoms with E-state index in [1.807, 2.05) is 13.0 Å². The molecule has 4 aromatic rings. The van der Waals surface area contributed by atoms with Crippen LogP contribution in [-0.4, -0.2) is 15.9 Å². The van der Waals surface area contributed by atoms with E-state index in [-0.39, 0.29) is 5.69 Å². The van der Waals surface area contributed by atoms with Gasteiger partial charge in [0.25, 0.3) is 5.91 Å². The molecule has 1 amide bonds. The fourth-order valence-electron chi connectivity index (χ4n) is 3.10. The summed E-state index contributed by atoms with van der Waals surface area (Å²) in [5.41, 5.74) is 0.333. The van der Waals surface area contributed by atoms with Crippen molar-refractivity contribution in [2.24, 2.45) is 0 Å². The van der Waals surface area contributed by atoms with E-state index in [9.17, 15) is 18.0 Å². The number of nitrogens with zero attached hydrogens (tertiary/aromatic N) is 2. The molecule has 8 heteroatoms. The highest BCUT2D eigenvalue weighted by molar-refractivity contribution is 6.13. The molecule has 1 N–H and O–H groups in total. The largest absolute Gasteiger partial charge is 0.439 e. The number of carbonyl (C=O) groups excluding carboxylic acids is 1. The zero-order valence-electron chi connectivity index (χ0n) is 16.3. The fourth-order valence-corrected chi connectivity index (χ4v) is 3.10. The van der Waals surface area contributed by atoms with Crippen LogP contribution in [0, 0.1) is 6.92 Å². The Labute approximate surface area is 175 Å². The van der Waals surface area contributed by atoms with Crippen LogP contribution >= 0.6 is 0 Å². The molecule has 1 heterocycles. The lowest BCUT2D eigenvalue weighted by Gasteiger charge is -2.12. The number of aryl methyl sites for hydroxylation is 1. The highest BCUT2D eigenvalue weighted by atomic mass is 19.4. The molecule has 5 nitrogen and oxygen atoms in total. The Hall–Kier alpha value is -3.94. The topological polar surface area (TPSA) is 64.1 Å². The lowest BCUT2D eigenvalue weighted by Crippen LogP contribution is -2.13. The lowest BCUT2D eigenvalue weighted by molar-refractivity contribution is -0.137. The summed E-state index contributed by atoms with van der Waals surface area (Å²) in [7, 11) is 0. The molecule has 0 unspecified atom stereocenters. The first kappa shape index (κ1) is 20.3. The van der Waals surface area contributed by atoms with Crippen LogP contribution in [0.1, 0.15) is 21.6 Å². The van der Waals surface area contributed by atoms with Gasteiger partial charge in [-0.1, -0.05) is 18.2 Å². The van der Waals surface area contributed by atoms with Gasteiger partial charge in [0, 0.05) is 23.0 Å². The van der Waals surface area contributed by atoms with Gasteiger partial charge in [0.2, 0.25) is 5.88 Å². The third kappa shape index (κ3) is 4.63. The van der Waals surface area contributed by atoms with E-state index in [1.165, 1.54) is 18.5 Å². The van der Waals surface area contributed by atoms with Gasteiger partial charge in [-0.25, -0.2) is 9.97 Å². The monoisotopic (exact) mass is 423 g/mol. The number of aromatic nitrogens is 2. The number of hydrogen-bond donors (Lipinski definition) is 1. The second-order valence-electron chi connectivity index (χ2n) is 6.82. The van der Waals surface area contributed by atoms with Gasteiger partial charge in [0.05, 0.1) is 5.56 Å². The van der Waals surface area contributed by atoms with Gasteiger partial charge in [-0.2, -0.15) is 13.2 Å². The number of fused-ring (bicyclic) bond motifs is 1. The van der Waals surface area contributed by atoms with Gasteiger partial charge in [-0.3, -0.25) is 4.79 Å². The van der Waals surface area contributed by atoms with Crippen molar-refractivity contribution in [2.45, 2.75) is 13.1 Å². The highest BCUT2D eigenvalue weighted by Crippen LogP contribution is 2.31. The Balaban J connectivity index is 1.60. The molecule has 31 heavy (non-hydrogen) atoms. The molecule has 1 aromatic heterocycles. The second kappa shape index (κ2) is 8.06. The summed E-state index contributed by atoms with van der Waals surface area (Å²) in [6, 6.07) is 16.5. The average Bonchev–Trinajstić information content (AvgIpc) is 2.73. The van der Waals surface area contributed by atoms with Gasteiger partial charge in [-0.05, 0) is 60.2 Å². The van der Waals surface area contributed by atoms with Crippen LogP contribution in [-0.2, 0) is 6.18 Å². The number of rotatable bonds is 4. The summed E-state index contributed by atoms with van der Waals surface area (Å²) in [6.45, 7) is 1.82. The Morgan fingerprint density at radius 1 is 0.968 bits per heavy atom. The maximum atomic E-state index is 12.9. The van der Waals surface area contributed by atoms with E-state index in [4.69, 9.17) is 4.74 Å². The van der Waals surface area contributed by atoms with Crippen molar-refractivity contribution in [2.75, 3.05) is 5.32 Å². The molecule has 0 aliphatic rings. The number of alkyl halides is 3. The average molecular weight is 423 g/mol. The molecule has 156 valence electrons. The van der Waals surface area contributed by atoms with Crippen LogP contribution in [0.15, 0.2) is 73.1 Å². The van der Waals surface area contributed by atoms with E-state index in [1.54, 1.807) is 36.4 Å². The molecule has 0 radical (unpaired) electrons. The van der Waals surface area contributed by atoms with Gasteiger partial charge >= 0.3 is 6.18 Å². The number of benzene rings is 3. The Kier molecular flexibility index (Phi) is 5.29. The van der Waals surface area contributed by atoms with Gasteiger partial charge in [-0.15, -0.1) is 0 Å². The van der Waals surface area contributed by atoms with Crippen molar-refractivity contribution in [3.05, 3.63) is 89.9 Å². The number of halogens is 3. The number of nitrogens with one attached hydrogen (secondary N) is 1. The summed E-state index contributed by atoms with van der Waals surface area (Å²) >= 11 is 0. The van der Waals surface area contributed by atoms with E-state index < -0.39 is 17.6 Å². The smallest absolute Gasteiger partial charge is 0.416 e. The molecular weight excluding hydrogens is 407 g/mol. The number of ether oxygens (including phenoxy) is 1. The Morgan fingerprint density at radius 2 is 1.77 bits per heavy atom. The molecule has 3 aromatic carbocycles. The molecule has 0 atom stereocenters. The van der Waals surface area contributed by atoms with Crippen molar-refractivity contribution in [1.82, 2.24) is 9.97 Å². The van der Waals surface area contributed by atoms with Crippen LogP contribution in [0.2, 0.25) is 0 Å². The van der Waals surface area contributed by atoms with Crippen LogP contribution in [0.4, 0.5) is 18.9 Å². The van der Waals surface area contributed by atoms with Gasteiger partial charge in [0.15, 0.2) is 0 Å². The van der Waals surface area contributed by atoms with Crippen LogP contribution in [0.5, 0.6) is 11.6 Å². The molecule has 0 spiro atoms. The Bertz CT molecular complexity index is 1270. The predicted molar refractivity (Wildman–Crippen MR) is 110 cm³/mol. The second-order valence-corrected chi connectivity index (χ2v) is 6.82. The van der Waals surface area contributed by atoms with E-state index in [2.05, 4.69) is 15.3 Å². The summed E-state index contributed by atoms with van der Waals surface area (Å²) in [6.07, 6.45) is -3.08. The standard InChI is InChI=1S/C23H16F3N3O2/c1-14-10-21(28-13-27-14)31-18-8-9-19-15(11-18)4-2-7-20(19)22(30)29-17-6-3-5-16(12-17)23(24,25)26/h2-13H,1H3,(H,29,30). The van der Waals surface area contributed by atoms with Crippen LogP contribution in [0.25, 0.3) is 10.8 Å². The van der Waals surface area contributed by atoms with E-state index in [0.29, 0.717) is 22.6 Å². The van der Waals surface area contributed by atoms with Gasteiger partial charge in [0.1, 0.15) is 12.1 Å². The summed E-state index contributed by atoms with van der Waals surface area (Å²) in [5, 5.41) is 3.91. The minimum atomic E-state index is -4.49. The van der Waals surface area contributed by atoms with E-state index in [0.717, 1.165) is 23.2 Å². The molecule has 0 aliphatic carbocycles. The Morgan fingerprint density at radius 3 is 2.55 bits per heavy atom. The SMILES string of the molecule is Cc1cc(Oc2ccc3c(C(=O)Nc4cccc(C(F)(F)F)c4)cccc3c2)ncn1. The maximum absolute atomic E-state index is 12.9. The third-order valence-electron chi connectivity index (χ3n) is 4.55. The third-order valence-corrected chi connectivity index (χ3v) is 4.55. The first-order valence-electron chi connectivity index (χ1n) is 9.27. The summed E-state index contributed by atoms with van der Waals surface area (Å²) in [4.78, 5) is 20.8. The van der Waals surface area contributed by atoms with Crippen LogP contribution in [0.3, 0.4) is 0 Å². The summed E-state index contributed by atoms with van der Waals surface area (Å²) < 4.78 is 44.5.